The van der Waals surface area contributed by atoms with Crippen LogP contribution in [0.5, 0.6) is 0 Å². The van der Waals surface area contributed by atoms with E-state index in [-0.39, 0.29) is 18.9 Å². The number of hydrogen-bond acceptors (Lipinski definition) is 3. The van der Waals surface area contributed by atoms with Gasteiger partial charge < -0.3 is 15.5 Å². The number of amides is 1. The van der Waals surface area contributed by atoms with Crippen LogP contribution in [-0.4, -0.2) is 33.9 Å². The number of hydrogen-bond donors (Lipinski definition) is 3. The van der Waals surface area contributed by atoms with Crippen LogP contribution in [0.25, 0.3) is 0 Å². The van der Waals surface area contributed by atoms with E-state index in [1.807, 2.05) is 13.8 Å². The lowest BCUT2D eigenvalue weighted by Gasteiger charge is -2.27. The molecular formula is C13H27NO3. The fraction of sp³-hybridized carbons (Fsp3) is 0.923. The average Bonchev–Trinajstić information content (AvgIpc) is 2.14. The van der Waals surface area contributed by atoms with Gasteiger partial charge >= 0.3 is 0 Å². The van der Waals surface area contributed by atoms with Gasteiger partial charge in [0.05, 0.1) is 17.6 Å². The van der Waals surface area contributed by atoms with Crippen molar-refractivity contribution in [2.24, 2.45) is 0 Å². The first-order valence-electron chi connectivity index (χ1n) is 6.44. The van der Waals surface area contributed by atoms with Crippen LogP contribution in [0.1, 0.15) is 59.8 Å². The molecule has 0 aliphatic heterocycles. The molecule has 17 heavy (non-hydrogen) atoms. The van der Waals surface area contributed by atoms with Crippen molar-refractivity contribution in [1.29, 1.82) is 0 Å². The van der Waals surface area contributed by atoms with Crippen molar-refractivity contribution in [2.75, 3.05) is 6.54 Å². The molecule has 0 atom stereocenters. The summed E-state index contributed by atoms with van der Waals surface area (Å²) in [5.74, 6) is -0.198. The summed E-state index contributed by atoms with van der Waals surface area (Å²) >= 11 is 0. The highest BCUT2D eigenvalue weighted by Crippen LogP contribution is 2.23. The van der Waals surface area contributed by atoms with Gasteiger partial charge in [0.15, 0.2) is 0 Å². The maximum Gasteiger partial charge on any atom is 0.222 e. The first-order valence-corrected chi connectivity index (χ1v) is 6.44. The Bertz CT molecular complexity index is 227. The molecule has 4 nitrogen and oxygen atoms in total. The Hall–Kier alpha value is -0.610. The van der Waals surface area contributed by atoms with Crippen LogP contribution in [0.15, 0.2) is 0 Å². The third-order valence-corrected chi connectivity index (χ3v) is 2.64. The molecule has 0 saturated carbocycles. The van der Waals surface area contributed by atoms with Crippen molar-refractivity contribution in [3.63, 3.8) is 0 Å². The Morgan fingerprint density at radius 2 is 1.59 bits per heavy atom. The summed E-state index contributed by atoms with van der Waals surface area (Å²) in [5.41, 5.74) is -1.81. The van der Waals surface area contributed by atoms with E-state index in [0.29, 0.717) is 12.8 Å². The van der Waals surface area contributed by atoms with Gasteiger partial charge in [-0.25, -0.2) is 0 Å². The van der Waals surface area contributed by atoms with E-state index in [1.165, 1.54) is 0 Å². The van der Waals surface area contributed by atoms with Crippen LogP contribution in [0.3, 0.4) is 0 Å². The summed E-state index contributed by atoms with van der Waals surface area (Å²) in [6.07, 6.45) is 3.10. The van der Waals surface area contributed by atoms with Crippen LogP contribution in [-0.2, 0) is 4.79 Å². The number of nitrogens with one attached hydrogen (secondary N) is 1. The van der Waals surface area contributed by atoms with Gasteiger partial charge in [-0.05, 0) is 26.7 Å². The van der Waals surface area contributed by atoms with E-state index in [0.717, 1.165) is 12.8 Å². The van der Waals surface area contributed by atoms with Crippen LogP contribution in [0.4, 0.5) is 0 Å². The van der Waals surface area contributed by atoms with Gasteiger partial charge in [-0.3, -0.25) is 4.79 Å². The second-order valence-electron chi connectivity index (χ2n) is 5.49. The molecule has 0 aromatic carbocycles. The van der Waals surface area contributed by atoms with Gasteiger partial charge in [0.1, 0.15) is 0 Å². The zero-order valence-corrected chi connectivity index (χ0v) is 11.5. The molecule has 0 saturated heterocycles. The summed E-state index contributed by atoms with van der Waals surface area (Å²) < 4.78 is 0. The summed E-state index contributed by atoms with van der Waals surface area (Å²) in [6.45, 7) is 7.47. The molecule has 0 fully saturated rings. The van der Waals surface area contributed by atoms with Gasteiger partial charge in [0.2, 0.25) is 5.91 Å². The minimum atomic E-state index is -0.913. The molecular weight excluding hydrogens is 218 g/mol. The zero-order chi connectivity index (χ0) is 13.5. The van der Waals surface area contributed by atoms with E-state index in [4.69, 9.17) is 0 Å². The smallest absolute Gasteiger partial charge is 0.222 e. The Morgan fingerprint density at radius 1 is 1.12 bits per heavy atom. The Kier molecular flexibility index (Phi) is 6.72. The fourth-order valence-corrected chi connectivity index (χ4v) is 1.91. The van der Waals surface area contributed by atoms with E-state index >= 15 is 0 Å². The summed E-state index contributed by atoms with van der Waals surface area (Å²) in [5, 5.41) is 22.4. The maximum atomic E-state index is 11.7. The van der Waals surface area contributed by atoms with Crippen molar-refractivity contribution in [3.05, 3.63) is 0 Å². The van der Waals surface area contributed by atoms with Crippen molar-refractivity contribution >= 4 is 5.91 Å². The lowest BCUT2D eigenvalue weighted by molar-refractivity contribution is -0.127. The summed E-state index contributed by atoms with van der Waals surface area (Å²) in [7, 11) is 0. The maximum absolute atomic E-state index is 11.7. The Labute approximate surface area is 104 Å². The quantitative estimate of drug-likeness (QED) is 0.608. The van der Waals surface area contributed by atoms with Crippen LogP contribution in [0, 0.1) is 0 Å². The molecule has 0 heterocycles. The topological polar surface area (TPSA) is 69.6 Å². The third-order valence-electron chi connectivity index (χ3n) is 2.64. The Balaban J connectivity index is 4.22. The molecule has 0 spiro atoms. The average molecular weight is 245 g/mol. The second-order valence-corrected chi connectivity index (χ2v) is 5.49. The predicted molar refractivity (Wildman–Crippen MR) is 68.7 cm³/mol. The highest BCUT2D eigenvalue weighted by molar-refractivity contribution is 5.77. The molecule has 0 aliphatic carbocycles. The Morgan fingerprint density at radius 3 is 1.94 bits per heavy atom. The molecule has 0 bridgehead atoms. The van der Waals surface area contributed by atoms with Gasteiger partial charge in [-0.15, -0.1) is 0 Å². The second kappa shape index (κ2) is 6.97. The standard InChI is InChI=1S/C13H27NO3/c1-5-7-13(17,8-6-2)9-11(15)14-10-12(3,4)16/h16-17H,5-10H2,1-4H3,(H,14,15). The lowest BCUT2D eigenvalue weighted by atomic mass is 9.89. The van der Waals surface area contributed by atoms with E-state index < -0.39 is 11.2 Å². The molecule has 0 aromatic heterocycles. The van der Waals surface area contributed by atoms with Gasteiger partial charge in [0, 0.05) is 6.54 Å². The summed E-state index contributed by atoms with van der Waals surface area (Å²) in [4.78, 5) is 11.7. The first-order chi connectivity index (χ1) is 7.72. The molecule has 0 unspecified atom stereocenters. The molecule has 0 radical (unpaired) electrons. The van der Waals surface area contributed by atoms with Crippen LogP contribution >= 0.6 is 0 Å². The molecule has 0 aromatic rings. The van der Waals surface area contributed by atoms with Gasteiger partial charge in [-0.2, -0.15) is 0 Å². The normalized spacial score (nSPS) is 12.6. The van der Waals surface area contributed by atoms with Crippen molar-refractivity contribution in [1.82, 2.24) is 5.32 Å². The largest absolute Gasteiger partial charge is 0.389 e. The SMILES string of the molecule is CCCC(O)(CCC)CC(=O)NCC(C)(C)O. The monoisotopic (exact) mass is 245 g/mol. The summed E-state index contributed by atoms with van der Waals surface area (Å²) in [6, 6.07) is 0. The molecule has 102 valence electrons. The number of rotatable bonds is 8. The van der Waals surface area contributed by atoms with Crippen molar-refractivity contribution in [2.45, 2.75) is 71.0 Å². The third kappa shape index (κ3) is 8.16. The highest BCUT2D eigenvalue weighted by atomic mass is 16.3. The van der Waals surface area contributed by atoms with Gasteiger partial charge in [-0.1, -0.05) is 26.7 Å². The number of aliphatic hydroxyl groups is 2. The molecule has 4 heteroatoms. The van der Waals surface area contributed by atoms with Crippen LogP contribution < -0.4 is 5.32 Å². The lowest BCUT2D eigenvalue weighted by Crippen LogP contribution is -2.42. The zero-order valence-electron chi connectivity index (χ0n) is 11.5. The minimum absolute atomic E-state index is 0.116. The number of carbonyl (C=O) groups is 1. The highest BCUT2D eigenvalue weighted by Gasteiger charge is 2.28. The minimum Gasteiger partial charge on any atom is -0.389 e. The van der Waals surface area contributed by atoms with E-state index in [2.05, 4.69) is 5.32 Å². The van der Waals surface area contributed by atoms with Crippen molar-refractivity contribution in [3.8, 4) is 0 Å². The predicted octanol–water partition coefficient (Wildman–Crippen LogP) is 1.59. The van der Waals surface area contributed by atoms with Crippen LogP contribution in [0.2, 0.25) is 0 Å². The van der Waals surface area contributed by atoms with Gasteiger partial charge in [0.25, 0.3) is 0 Å². The fourth-order valence-electron chi connectivity index (χ4n) is 1.91. The van der Waals surface area contributed by atoms with Crippen molar-refractivity contribution < 1.29 is 15.0 Å². The van der Waals surface area contributed by atoms with E-state index in [9.17, 15) is 15.0 Å². The molecule has 3 N–H and O–H groups in total. The molecule has 0 rings (SSSR count). The first kappa shape index (κ1) is 16.4. The molecule has 0 aliphatic rings. The number of carbonyl (C=O) groups excluding carboxylic acids is 1. The van der Waals surface area contributed by atoms with E-state index in [1.54, 1.807) is 13.8 Å². The molecule has 1 amide bonds.